The lowest BCUT2D eigenvalue weighted by Crippen LogP contribution is -1.93. The Bertz CT molecular complexity index is 769. The predicted molar refractivity (Wildman–Crippen MR) is 79.9 cm³/mol. The van der Waals surface area contributed by atoms with Crippen LogP contribution in [0.4, 0.5) is 5.69 Å². The van der Waals surface area contributed by atoms with Gasteiger partial charge in [-0.1, -0.05) is 11.6 Å². The predicted octanol–water partition coefficient (Wildman–Crippen LogP) is 3.26. The summed E-state index contributed by atoms with van der Waals surface area (Å²) in [5.41, 5.74) is 8.74. The second kappa shape index (κ2) is 5.02. The van der Waals surface area contributed by atoms with E-state index in [2.05, 4.69) is 15.0 Å². The monoisotopic (exact) mass is 288 g/mol. The zero-order valence-corrected chi connectivity index (χ0v) is 11.6. The largest absolute Gasteiger partial charge is 0.478 e. The first kappa shape index (κ1) is 12.7. The van der Waals surface area contributed by atoms with E-state index in [0.29, 0.717) is 34.7 Å². The lowest BCUT2D eigenvalue weighted by Gasteiger charge is -2.02. The number of nitrogen functional groups attached to an aromatic ring is 1. The first-order valence-corrected chi connectivity index (χ1v) is 6.60. The maximum Gasteiger partial charge on any atom is 0.215 e. The first-order valence-electron chi connectivity index (χ1n) is 6.22. The molecule has 2 aromatic heterocycles. The van der Waals surface area contributed by atoms with Gasteiger partial charge in [-0.3, -0.25) is 0 Å². The van der Waals surface area contributed by atoms with E-state index in [4.69, 9.17) is 22.1 Å². The highest BCUT2D eigenvalue weighted by Gasteiger charge is 2.10. The molecule has 3 N–H and O–H groups in total. The summed E-state index contributed by atoms with van der Waals surface area (Å²) in [6.07, 6.45) is 0. The number of hydrogen-bond donors (Lipinski definition) is 2. The summed E-state index contributed by atoms with van der Waals surface area (Å²) in [6.45, 7) is 2.48. The lowest BCUT2D eigenvalue weighted by molar-refractivity contribution is 0.328. The van der Waals surface area contributed by atoms with Crippen molar-refractivity contribution in [3.05, 3.63) is 35.4 Å². The van der Waals surface area contributed by atoms with E-state index in [1.165, 1.54) is 0 Å². The fourth-order valence-corrected chi connectivity index (χ4v) is 2.14. The summed E-state index contributed by atoms with van der Waals surface area (Å²) >= 11 is 6.00. The van der Waals surface area contributed by atoms with Crippen LogP contribution in [0.15, 0.2) is 30.3 Å². The minimum atomic E-state index is 0.553. The molecule has 0 atom stereocenters. The van der Waals surface area contributed by atoms with Crippen LogP contribution >= 0.6 is 11.6 Å². The number of fused-ring (bicyclic) bond motifs is 1. The van der Waals surface area contributed by atoms with Crippen LogP contribution in [0.2, 0.25) is 5.02 Å². The Morgan fingerprint density at radius 1 is 1.25 bits per heavy atom. The van der Waals surface area contributed by atoms with E-state index < -0.39 is 0 Å². The second-order valence-corrected chi connectivity index (χ2v) is 4.71. The highest BCUT2D eigenvalue weighted by molar-refractivity contribution is 6.31. The van der Waals surface area contributed by atoms with Crippen molar-refractivity contribution < 1.29 is 4.74 Å². The average Bonchev–Trinajstić information content (AvgIpc) is 2.85. The number of nitrogens with zero attached hydrogens (tertiary/aromatic N) is 2. The molecule has 0 aliphatic rings. The van der Waals surface area contributed by atoms with Gasteiger partial charge in [0, 0.05) is 22.3 Å². The number of nitrogens with one attached hydrogen (secondary N) is 1. The van der Waals surface area contributed by atoms with Gasteiger partial charge >= 0.3 is 0 Å². The van der Waals surface area contributed by atoms with Gasteiger partial charge in [-0.2, -0.15) is 4.98 Å². The average molecular weight is 289 g/mol. The van der Waals surface area contributed by atoms with Crippen LogP contribution in [-0.4, -0.2) is 21.6 Å². The number of ether oxygens (including phenoxy) is 1. The Labute approximate surface area is 120 Å². The third kappa shape index (κ3) is 2.28. The number of halogens is 1. The van der Waals surface area contributed by atoms with E-state index in [1.807, 2.05) is 13.0 Å². The van der Waals surface area contributed by atoms with Crippen LogP contribution < -0.4 is 10.5 Å². The molecule has 0 radical (unpaired) electrons. The molecule has 102 valence electrons. The Kier molecular flexibility index (Phi) is 3.20. The molecule has 0 unspecified atom stereocenters. The van der Waals surface area contributed by atoms with Gasteiger partial charge in [0.15, 0.2) is 5.65 Å². The fraction of sp³-hybridized carbons (Fsp3) is 0.143. The van der Waals surface area contributed by atoms with Crippen LogP contribution in [0.25, 0.3) is 22.6 Å². The van der Waals surface area contributed by atoms with Crippen LogP contribution in [0.1, 0.15) is 6.92 Å². The van der Waals surface area contributed by atoms with E-state index in [9.17, 15) is 0 Å². The quantitative estimate of drug-likeness (QED) is 0.725. The van der Waals surface area contributed by atoms with Crippen LogP contribution in [-0.2, 0) is 0 Å². The lowest BCUT2D eigenvalue weighted by atomic mass is 10.2. The molecule has 0 saturated heterocycles. The van der Waals surface area contributed by atoms with Gasteiger partial charge in [0.25, 0.3) is 0 Å². The van der Waals surface area contributed by atoms with Gasteiger partial charge in [0.05, 0.1) is 12.1 Å². The van der Waals surface area contributed by atoms with E-state index in [-0.39, 0.29) is 0 Å². The summed E-state index contributed by atoms with van der Waals surface area (Å²) in [7, 11) is 0. The smallest absolute Gasteiger partial charge is 0.215 e. The molecule has 5 nitrogen and oxygen atoms in total. The molecule has 0 spiro atoms. The van der Waals surface area contributed by atoms with E-state index in [1.54, 1.807) is 24.3 Å². The molecule has 0 aliphatic heterocycles. The van der Waals surface area contributed by atoms with Crippen molar-refractivity contribution in [3.8, 4) is 17.3 Å². The molecular weight excluding hydrogens is 276 g/mol. The molecule has 3 rings (SSSR count). The van der Waals surface area contributed by atoms with Gasteiger partial charge in [-0.15, -0.1) is 0 Å². The number of imidazole rings is 1. The van der Waals surface area contributed by atoms with E-state index in [0.717, 1.165) is 11.1 Å². The normalized spacial score (nSPS) is 10.9. The summed E-state index contributed by atoms with van der Waals surface area (Å²) in [6, 6.07) is 8.95. The minimum absolute atomic E-state index is 0.553. The van der Waals surface area contributed by atoms with Crippen molar-refractivity contribution >= 4 is 28.5 Å². The van der Waals surface area contributed by atoms with Crippen molar-refractivity contribution in [1.82, 2.24) is 15.0 Å². The molecule has 3 aromatic rings. The maximum absolute atomic E-state index is 6.00. The molecule has 0 aliphatic carbocycles. The number of pyridine rings is 1. The Hall–Kier alpha value is -2.27. The third-order valence-corrected chi connectivity index (χ3v) is 3.12. The van der Waals surface area contributed by atoms with Crippen molar-refractivity contribution in [2.75, 3.05) is 12.3 Å². The molecule has 0 amide bonds. The first-order chi connectivity index (χ1) is 9.67. The van der Waals surface area contributed by atoms with Crippen LogP contribution in [0.5, 0.6) is 5.88 Å². The van der Waals surface area contributed by atoms with Crippen molar-refractivity contribution in [3.63, 3.8) is 0 Å². The molecule has 0 fully saturated rings. The maximum atomic E-state index is 6.00. The fourth-order valence-electron chi connectivity index (χ4n) is 1.96. The number of rotatable bonds is 3. The summed E-state index contributed by atoms with van der Waals surface area (Å²) in [5, 5.41) is 0.609. The molecule has 0 bridgehead atoms. The van der Waals surface area contributed by atoms with Crippen molar-refractivity contribution in [2.45, 2.75) is 6.92 Å². The Balaban J connectivity index is 2.10. The molecule has 6 heteroatoms. The molecule has 0 saturated carbocycles. The van der Waals surface area contributed by atoms with Crippen LogP contribution in [0, 0.1) is 0 Å². The third-order valence-electron chi connectivity index (χ3n) is 2.88. The molecule has 1 aromatic carbocycles. The van der Waals surface area contributed by atoms with Gasteiger partial charge in [-0.05, 0) is 31.2 Å². The number of nitrogens with two attached hydrogens (primary N) is 1. The van der Waals surface area contributed by atoms with Crippen molar-refractivity contribution in [1.29, 1.82) is 0 Å². The highest BCUT2D eigenvalue weighted by Crippen LogP contribution is 2.28. The van der Waals surface area contributed by atoms with Gasteiger partial charge < -0.3 is 15.5 Å². The Morgan fingerprint density at radius 2 is 2.10 bits per heavy atom. The number of benzene rings is 1. The zero-order chi connectivity index (χ0) is 14.1. The SMILES string of the molecule is CCOc1ccc2[nH]c(-c3cc(Cl)ccc3N)nc2n1. The summed E-state index contributed by atoms with van der Waals surface area (Å²) < 4.78 is 5.36. The molecule has 2 heterocycles. The zero-order valence-electron chi connectivity index (χ0n) is 10.9. The highest BCUT2D eigenvalue weighted by atomic mass is 35.5. The molecule has 20 heavy (non-hydrogen) atoms. The minimum Gasteiger partial charge on any atom is -0.478 e. The second-order valence-electron chi connectivity index (χ2n) is 4.27. The van der Waals surface area contributed by atoms with Crippen LogP contribution in [0.3, 0.4) is 0 Å². The number of H-pyrrole nitrogens is 1. The summed E-state index contributed by atoms with van der Waals surface area (Å²) in [5.74, 6) is 1.19. The number of aromatic nitrogens is 3. The standard InChI is InChI=1S/C14H13ClN4O/c1-2-20-12-6-5-11-14(18-12)19-13(17-11)9-7-8(15)3-4-10(9)16/h3-7H,2,16H2,1H3,(H,17,18,19). The topological polar surface area (TPSA) is 76.8 Å². The Morgan fingerprint density at radius 3 is 2.90 bits per heavy atom. The number of aromatic amines is 1. The number of hydrogen-bond acceptors (Lipinski definition) is 4. The van der Waals surface area contributed by atoms with Crippen molar-refractivity contribution in [2.24, 2.45) is 0 Å². The van der Waals surface area contributed by atoms with Gasteiger partial charge in [0.1, 0.15) is 5.82 Å². The molecular formula is C14H13ClN4O. The van der Waals surface area contributed by atoms with Gasteiger partial charge in [-0.25, -0.2) is 4.98 Å². The summed E-state index contributed by atoms with van der Waals surface area (Å²) in [4.78, 5) is 11.9. The number of anilines is 1. The van der Waals surface area contributed by atoms with E-state index >= 15 is 0 Å². The van der Waals surface area contributed by atoms with Gasteiger partial charge in [0.2, 0.25) is 5.88 Å².